The molecule has 2 heterocycles. The fourth-order valence-corrected chi connectivity index (χ4v) is 3.66. The van der Waals surface area contributed by atoms with Gasteiger partial charge in [0.2, 0.25) is 0 Å². The average Bonchev–Trinajstić information content (AvgIpc) is 2.97. The SMILES string of the molecule is CC(C)C1CCN(C(=O)N2CSC[C@H]2C(=O)O)C1. The van der Waals surface area contributed by atoms with Gasteiger partial charge in [-0.1, -0.05) is 13.8 Å². The molecule has 0 aliphatic carbocycles. The first-order chi connectivity index (χ1) is 8.50. The summed E-state index contributed by atoms with van der Waals surface area (Å²) in [6, 6.07) is -0.754. The van der Waals surface area contributed by atoms with Crippen molar-refractivity contribution in [3.63, 3.8) is 0 Å². The van der Waals surface area contributed by atoms with Crippen LogP contribution in [-0.4, -0.2) is 57.7 Å². The summed E-state index contributed by atoms with van der Waals surface area (Å²) < 4.78 is 0. The minimum absolute atomic E-state index is 0.101. The van der Waals surface area contributed by atoms with Gasteiger partial charge in [-0.25, -0.2) is 9.59 Å². The van der Waals surface area contributed by atoms with Gasteiger partial charge < -0.3 is 14.9 Å². The molecule has 102 valence electrons. The summed E-state index contributed by atoms with van der Waals surface area (Å²) in [5, 5.41) is 9.09. The van der Waals surface area contributed by atoms with Gasteiger partial charge in [0.15, 0.2) is 0 Å². The van der Waals surface area contributed by atoms with Crippen molar-refractivity contribution in [3.8, 4) is 0 Å². The Balaban J connectivity index is 1.98. The van der Waals surface area contributed by atoms with Crippen molar-refractivity contribution >= 4 is 23.8 Å². The second-order valence-electron chi connectivity index (χ2n) is 5.35. The van der Waals surface area contributed by atoms with Crippen LogP contribution in [0.25, 0.3) is 0 Å². The van der Waals surface area contributed by atoms with Crippen LogP contribution in [0, 0.1) is 11.8 Å². The van der Waals surface area contributed by atoms with Crippen molar-refractivity contribution in [3.05, 3.63) is 0 Å². The van der Waals surface area contributed by atoms with Gasteiger partial charge in [0.05, 0.1) is 5.88 Å². The second kappa shape index (κ2) is 5.38. The first-order valence-corrected chi connectivity index (χ1v) is 7.52. The molecule has 2 rings (SSSR count). The van der Waals surface area contributed by atoms with E-state index in [0.29, 0.717) is 23.5 Å². The zero-order chi connectivity index (χ0) is 13.3. The summed E-state index contributed by atoms with van der Waals surface area (Å²) in [5.74, 6) is 1.23. The molecule has 0 spiro atoms. The standard InChI is InChI=1S/C12H20N2O3S/c1-8(2)9-3-4-13(5-9)12(17)14-7-18-6-10(14)11(15)16/h8-10H,3-7H2,1-2H3,(H,15,16)/t9?,10-/m0/s1. The summed E-state index contributed by atoms with van der Waals surface area (Å²) in [6.45, 7) is 5.87. The molecule has 2 aliphatic rings. The summed E-state index contributed by atoms with van der Waals surface area (Å²) in [7, 11) is 0. The number of hydrogen-bond donors (Lipinski definition) is 1. The first-order valence-electron chi connectivity index (χ1n) is 6.36. The number of amides is 2. The molecule has 1 unspecified atom stereocenters. The van der Waals surface area contributed by atoms with Crippen molar-refractivity contribution in [1.29, 1.82) is 0 Å². The van der Waals surface area contributed by atoms with E-state index in [4.69, 9.17) is 5.11 Å². The van der Waals surface area contributed by atoms with Crippen molar-refractivity contribution < 1.29 is 14.7 Å². The Hall–Kier alpha value is -0.910. The monoisotopic (exact) mass is 272 g/mol. The largest absolute Gasteiger partial charge is 0.480 e. The smallest absolute Gasteiger partial charge is 0.327 e. The molecule has 2 aliphatic heterocycles. The molecule has 0 aromatic carbocycles. The van der Waals surface area contributed by atoms with E-state index in [0.717, 1.165) is 19.5 Å². The minimum Gasteiger partial charge on any atom is -0.480 e. The Bertz CT molecular complexity index is 348. The van der Waals surface area contributed by atoms with Gasteiger partial charge in [0.1, 0.15) is 6.04 Å². The van der Waals surface area contributed by atoms with Gasteiger partial charge in [-0.3, -0.25) is 0 Å². The summed E-state index contributed by atoms with van der Waals surface area (Å²) in [5.41, 5.74) is 0. The first kappa shape index (κ1) is 13.5. The van der Waals surface area contributed by atoms with Gasteiger partial charge in [-0.05, 0) is 18.3 Å². The lowest BCUT2D eigenvalue weighted by atomic mass is 9.95. The van der Waals surface area contributed by atoms with Crippen molar-refractivity contribution in [2.45, 2.75) is 26.3 Å². The van der Waals surface area contributed by atoms with E-state index in [-0.39, 0.29) is 6.03 Å². The molecule has 2 fully saturated rings. The molecular formula is C12H20N2O3S. The van der Waals surface area contributed by atoms with Gasteiger partial charge in [-0.2, -0.15) is 0 Å². The molecule has 0 radical (unpaired) electrons. The molecule has 1 N–H and O–H groups in total. The molecule has 2 atom stereocenters. The van der Waals surface area contributed by atoms with E-state index in [1.165, 1.54) is 16.7 Å². The number of carbonyl (C=O) groups excluding carboxylic acids is 1. The van der Waals surface area contributed by atoms with Crippen LogP contribution in [0.2, 0.25) is 0 Å². The van der Waals surface area contributed by atoms with Gasteiger partial charge in [-0.15, -0.1) is 11.8 Å². The third-order valence-corrected chi connectivity index (χ3v) is 4.86. The van der Waals surface area contributed by atoms with Gasteiger partial charge in [0.25, 0.3) is 0 Å². The van der Waals surface area contributed by atoms with E-state index in [1.54, 1.807) is 0 Å². The average molecular weight is 272 g/mol. The third kappa shape index (κ3) is 2.58. The highest BCUT2D eigenvalue weighted by Gasteiger charge is 2.39. The molecule has 18 heavy (non-hydrogen) atoms. The van der Waals surface area contributed by atoms with Crippen LogP contribution in [0.4, 0.5) is 4.79 Å². The number of urea groups is 1. The molecule has 0 saturated carbocycles. The number of hydrogen-bond acceptors (Lipinski definition) is 3. The van der Waals surface area contributed by atoms with E-state index in [1.807, 2.05) is 4.90 Å². The fourth-order valence-electron chi connectivity index (χ4n) is 2.52. The van der Waals surface area contributed by atoms with E-state index in [9.17, 15) is 9.59 Å². The van der Waals surface area contributed by atoms with Crippen LogP contribution in [0.15, 0.2) is 0 Å². The third-order valence-electron chi connectivity index (χ3n) is 3.85. The molecule has 5 nitrogen and oxygen atoms in total. The Kier molecular flexibility index (Phi) is 4.04. The van der Waals surface area contributed by atoms with Gasteiger partial charge >= 0.3 is 12.0 Å². The molecule has 2 saturated heterocycles. The summed E-state index contributed by atoms with van der Waals surface area (Å²) in [4.78, 5) is 26.7. The number of carboxylic acids is 1. The molecule has 0 aromatic rings. The lowest BCUT2D eigenvalue weighted by Gasteiger charge is -2.27. The number of nitrogens with zero attached hydrogens (tertiary/aromatic N) is 2. The second-order valence-corrected chi connectivity index (χ2v) is 6.34. The van der Waals surface area contributed by atoms with Crippen LogP contribution in [0.5, 0.6) is 0 Å². The van der Waals surface area contributed by atoms with Gasteiger partial charge in [0, 0.05) is 18.8 Å². The molecule has 0 aromatic heterocycles. The maximum Gasteiger partial charge on any atom is 0.327 e. The maximum absolute atomic E-state index is 12.3. The highest BCUT2D eigenvalue weighted by Crippen LogP contribution is 2.28. The van der Waals surface area contributed by atoms with Crippen LogP contribution in [0.1, 0.15) is 20.3 Å². The van der Waals surface area contributed by atoms with Crippen molar-refractivity contribution in [2.75, 3.05) is 24.7 Å². The van der Waals surface area contributed by atoms with Crippen LogP contribution >= 0.6 is 11.8 Å². The Morgan fingerprint density at radius 2 is 2.11 bits per heavy atom. The lowest BCUT2D eigenvalue weighted by molar-refractivity contribution is -0.140. The molecule has 0 bridgehead atoms. The summed E-state index contributed by atoms with van der Waals surface area (Å²) in [6.07, 6.45) is 1.03. The predicted molar refractivity (Wildman–Crippen MR) is 70.5 cm³/mol. The Labute approximate surface area is 112 Å². The van der Waals surface area contributed by atoms with E-state index < -0.39 is 12.0 Å². The Morgan fingerprint density at radius 3 is 2.67 bits per heavy atom. The highest BCUT2D eigenvalue weighted by molar-refractivity contribution is 7.99. The van der Waals surface area contributed by atoms with E-state index >= 15 is 0 Å². The molecule has 2 amide bonds. The molecular weight excluding hydrogens is 252 g/mol. The van der Waals surface area contributed by atoms with Crippen molar-refractivity contribution in [2.24, 2.45) is 11.8 Å². The zero-order valence-electron chi connectivity index (χ0n) is 10.8. The predicted octanol–water partition coefficient (Wildman–Crippen LogP) is 1.54. The zero-order valence-corrected chi connectivity index (χ0v) is 11.7. The normalized spacial score (nSPS) is 28.2. The highest BCUT2D eigenvalue weighted by atomic mass is 32.2. The van der Waals surface area contributed by atoms with Crippen LogP contribution in [-0.2, 0) is 4.79 Å². The number of carbonyl (C=O) groups is 2. The van der Waals surface area contributed by atoms with Crippen molar-refractivity contribution in [1.82, 2.24) is 9.80 Å². The fraction of sp³-hybridized carbons (Fsp3) is 0.833. The van der Waals surface area contributed by atoms with Crippen LogP contribution in [0.3, 0.4) is 0 Å². The van der Waals surface area contributed by atoms with E-state index in [2.05, 4.69) is 13.8 Å². The number of thioether (sulfide) groups is 1. The number of rotatable bonds is 2. The number of carboxylic acid groups (broad SMARTS) is 1. The number of likely N-dealkylation sites (tertiary alicyclic amines) is 1. The summed E-state index contributed by atoms with van der Waals surface area (Å²) >= 11 is 1.51. The quantitative estimate of drug-likeness (QED) is 0.828. The maximum atomic E-state index is 12.3. The number of aliphatic carboxylic acids is 1. The molecule has 6 heteroatoms. The topological polar surface area (TPSA) is 60.9 Å². The lowest BCUT2D eigenvalue weighted by Crippen LogP contribution is -2.48. The van der Waals surface area contributed by atoms with Crippen LogP contribution < -0.4 is 0 Å². The minimum atomic E-state index is -0.895. The Morgan fingerprint density at radius 1 is 1.39 bits per heavy atom.